The lowest BCUT2D eigenvalue weighted by Crippen LogP contribution is -2.40. The SMILES string of the molecule is CCCCCCCCOC(CCCCCN(CCO)CCCCCCCC(=O)OC(CCCCCCCC)CCCCCCCC)O[Si](C)(C)OCCCCCCCC. The van der Waals surface area contributed by atoms with Gasteiger partial charge in [-0.2, -0.15) is 0 Å². The van der Waals surface area contributed by atoms with Crippen molar-refractivity contribution in [1.82, 2.24) is 4.90 Å². The molecule has 1 unspecified atom stereocenters. The van der Waals surface area contributed by atoms with E-state index >= 15 is 0 Å². The maximum Gasteiger partial charge on any atom is 0.333 e. The van der Waals surface area contributed by atoms with E-state index in [1.54, 1.807) is 0 Å². The van der Waals surface area contributed by atoms with E-state index < -0.39 is 8.56 Å². The predicted molar refractivity (Wildman–Crippen MR) is 257 cm³/mol. The number of esters is 1. The van der Waals surface area contributed by atoms with Crippen LogP contribution in [0.1, 0.15) is 259 Å². The molecular formula is C51H105NO6Si. The highest BCUT2D eigenvalue weighted by Crippen LogP contribution is 2.20. The summed E-state index contributed by atoms with van der Waals surface area (Å²) in [6, 6.07) is 0. The second kappa shape index (κ2) is 45.5. The molecule has 0 aromatic rings. The Kier molecular flexibility index (Phi) is 45.1. The lowest BCUT2D eigenvalue weighted by molar-refractivity contribution is -0.150. The number of carbonyl (C=O) groups is 1. The van der Waals surface area contributed by atoms with Crippen LogP contribution in [0.2, 0.25) is 13.1 Å². The first-order valence-corrected chi connectivity index (χ1v) is 29.1. The molecule has 8 heteroatoms. The molecule has 0 heterocycles. The van der Waals surface area contributed by atoms with Gasteiger partial charge in [0.2, 0.25) is 0 Å². The Hall–Kier alpha value is -0.513. The molecule has 0 bridgehead atoms. The van der Waals surface area contributed by atoms with E-state index in [0.29, 0.717) is 6.42 Å². The Balaban J connectivity index is 4.50. The number of unbranched alkanes of at least 4 members (excludes halogenated alkanes) is 26. The number of hydrogen-bond donors (Lipinski definition) is 1. The third-order valence-corrected chi connectivity index (χ3v) is 13.6. The van der Waals surface area contributed by atoms with Gasteiger partial charge in [-0.3, -0.25) is 4.79 Å². The van der Waals surface area contributed by atoms with Crippen molar-refractivity contribution in [3.63, 3.8) is 0 Å². The minimum Gasteiger partial charge on any atom is -0.462 e. The van der Waals surface area contributed by atoms with Gasteiger partial charge in [0.25, 0.3) is 0 Å². The summed E-state index contributed by atoms with van der Waals surface area (Å²) in [6.07, 6.45) is 42.9. The second-order valence-corrected chi connectivity index (χ2v) is 21.7. The van der Waals surface area contributed by atoms with Gasteiger partial charge in [-0.05, 0) is 96.8 Å². The van der Waals surface area contributed by atoms with Crippen LogP contribution in [0, 0.1) is 0 Å². The molecule has 0 aliphatic heterocycles. The third kappa shape index (κ3) is 42.6. The molecule has 0 aromatic heterocycles. The van der Waals surface area contributed by atoms with Crippen molar-refractivity contribution in [1.29, 1.82) is 0 Å². The first-order chi connectivity index (χ1) is 28.8. The summed E-state index contributed by atoms with van der Waals surface area (Å²) in [4.78, 5) is 15.2. The number of nitrogens with zero attached hydrogens (tertiary/aromatic N) is 1. The van der Waals surface area contributed by atoms with Crippen LogP contribution in [0.3, 0.4) is 0 Å². The van der Waals surface area contributed by atoms with E-state index in [9.17, 15) is 9.90 Å². The van der Waals surface area contributed by atoms with Crippen LogP contribution in [0.4, 0.5) is 0 Å². The summed E-state index contributed by atoms with van der Waals surface area (Å²) in [5, 5.41) is 9.75. The monoisotopic (exact) mass is 856 g/mol. The van der Waals surface area contributed by atoms with Gasteiger partial charge < -0.3 is 28.3 Å². The summed E-state index contributed by atoms with van der Waals surface area (Å²) >= 11 is 0. The number of aliphatic hydroxyl groups excluding tert-OH is 1. The maximum absolute atomic E-state index is 12.8. The van der Waals surface area contributed by atoms with Gasteiger partial charge in [0, 0.05) is 26.2 Å². The van der Waals surface area contributed by atoms with Crippen LogP contribution in [-0.4, -0.2) is 76.4 Å². The van der Waals surface area contributed by atoms with Gasteiger partial charge in [-0.25, -0.2) is 0 Å². The third-order valence-electron chi connectivity index (χ3n) is 11.9. The molecule has 0 saturated heterocycles. The van der Waals surface area contributed by atoms with Gasteiger partial charge in [0.1, 0.15) is 12.4 Å². The maximum atomic E-state index is 12.8. The standard InChI is InChI=1S/C51H105NO6Si/c1-7-11-15-19-24-31-39-49(40-32-25-20-16-12-8-2)57-50(54)41-33-26-23-27-35-43-52(45-46-53)44-36-30-34-42-51(55-47-37-28-21-17-13-9-3)58-59(5,6)56-48-38-29-22-18-14-10-4/h49,51,53H,7-48H2,1-6H3. The first-order valence-electron chi connectivity index (χ1n) is 26.3. The molecule has 59 heavy (non-hydrogen) atoms. The molecule has 0 amide bonds. The number of aliphatic hydroxyl groups is 1. The molecule has 0 aliphatic rings. The average Bonchev–Trinajstić information content (AvgIpc) is 3.21. The lowest BCUT2D eigenvalue weighted by atomic mass is 10.0. The number of hydrogen-bond acceptors (Lipinski definition) is 7. The van der Waals surface area contributed by atoms with Gasteiger partial charge >= 0.3 is 14.5 Å². The van der Waals surface area contributed by atoms with Crippen LogP contribution in [0.5, 0.6) is 0 Å². The smallest absolute Gasteiger partial charge is 0.333 e. The number of rotatable bonds is 49. The Bertz CT molecular complexity index is 831. The predicted octanol–water partition coefficient (Wildman–Crippen LogP) is 15.4. The first kappa shape index (κ1) is 58.5. The summed E-state index contributed by atoms with van der Waals surface area (Å²) in [5.74, 6) is 0.0194. The highest BCUT2D eigenvalue weighted by atomic mass is 28.4. The number of carbonyl (C=O) groups excluding carboxylic acids is 1. The Labute approximate surface area is 370 Å². The lowest BCUT2D eigenvalue weighted by Gasteiger charge is -2.29. The Morgan fingerprint density at radius 3 is 1.41 bits per heavy atom. The van der Waals surface area contributed by atoms with E-state index in [2.05, 4.69) is 45.7 Å². The fourth-order valence-corrected chi connectivity index (χ4v) is 9.59. The van der Waals surface area contributed by atoms with E-state index in [1.165, 1.54) is 148 Å². The minimum absolute atomic E-state index is 0.0194. The van der Waals surface area contributed by atoms with Gasteiger partial charge in [-0.1, -0.05) is 182 Å². The molecule has 1 N–H and O–H groups in total. The van der Waals surface area contributed by atoms with Crippen LogP contribution in [-0.2, 0) is 23.1 Å². The van der Waals surface area contributed by atoms with Gasteiger partial charge in [0.15, 0.2) is 0 Å². The highest BCUT2D eigenvalue weighted by Gasteiger charge is 2.29. The molecule has 0 aliphatic carbocycles. The quantitative estimate of drug-likeness (QED) is 0.0283. The Morgan fingerprint density at radius 2 is 0.898 bits per heavy atom. The largest absolute Gasteiger partial charge is 0.462 e. The zero-order valence-electron chi connectivity index (χ0n) is 40.8. The molecule has 0 radical (unpaired) electrons. The summed E-state index contributed by atoms with van der Waals surface area (Å²) in [5.41, 5.74) is 0. The second-order valence-electron chi connectivity index (χ2n) is 18.4. The van der Waals surface area contributed by atoms with Crippen LogP contribution >= 0.6 is 0 Å². The summed E-state index contributed by atoms with van der Waals surface area (Å²) in [7, 11) is -2.27. The summed E-state index contributed by atoms with van der Waals surface area (Å²) in [6.45, 7) is 18.0. The highest BCUT2D eigenvalue weighted by molar-refractivity contribution is 6.64. The Morgan fingerprint density at radius 1 is 0.492 bits per heavy atom. The van der Waals surface area contributed by atoms with Crippen molar-refractivity contribution < 1.29 is 28.2 Å². The molecular weight excluding hydrogens is 751 g/mol. The average molecular weight is 856 g/mol. The van der Waals surface area contributed by atoms with Gasteiger partial charge in [-0.15, -0.1) is 0 Å². The van der Waals surface area contributed by atoms with Gasteiger partial charge in [0.05, 0.1) is 6.61 Å². The summed E-state index contributed by atoms with van der Waals surface area (Å²) < 4.78 is 25.4. The van der Waals surface area contributed by atoms with E-state index in [4.69, 9.17) is 18.3 Å². The zero-order chi connectivity index (χ0) is 43.3. The van der Waals surface area contributed by atoms with Crippen molar-refractivity contribution in [2.45, 2.75) is 284 Å². The topological polar surface area (TPSA) is 77.5 Å². The molecule has 354 valence electrons. The van der Waals surface area contributed by atoms with E-state index in [0.717, 1.165) is 110 Å². The molecule has 0 fully saturated rings. The van der Waals surface area contributed by atoms with Crippen molar-refractivity contribution in [2.24, 2.45) is 0 Å². The molecule has 1 atom stereocenters. The molecule has 0 rings (SSSR count). The molecule has 7 nitrogen and oxygen atoms in total. The number of ether oxygens (including phenoxy) is 2. The van der Waals surface area contributed by atoms with Crippen LogP contribution in [0.15, 0.2) is 0 Å². The fraction of sp³-hybridized carbons (Fsp3) is 0.980. The van der Waals surface area contributed by atoms with E-state index in [-0.39, 0.29) is 25.0 Å². The van der Waals surface area contributed by atoms with Crippen molar-refractivity contribution in [3.8, 4) is 0 Å². The van der Waals surface area contributed by atoms with E-state index in [1.807, 2.05) is 0 Å². The zero-order valence-corrected chi connectivity index (χ0v) is 41.8. The van der Waals surface area contributed by atoms with Crippen LogP contribution < -0.4 is 0 Å². The molecule has 0 spiro atoms. The van der Waals surface area contributed by atoms with Crippen molar-refractivity contribution in [3.05, 3.63) is 0 Å². The van der Waals surface area contributed by atoms with Crippen LogP contribution in [0.25, 0.3) is 0 Å². The molecule has 0 saturated carbocycles. The normalized spacial score (nSPS) is 12.6. The van der Waals surface area contributed by atoms with Crippen molar-refractivity contribution in [2.75, 3.05) is 39.5 Å². The minimum atomic E-state index is -2.27. The molecule has 0 aromatic carbocycles. The fourth-order valence-electron chi connectivity index (χ4n) is 8.07. The van der Waals surface area contributed by atoms with Crippen molar-refractivity contribution >= 4 is 14.5 Å².